The van der Waals surface area contributed by atoms with E-state index in [0.717, 1.165) is 0 Å². The van der Waals surface area contributed by atoms with Crippen LogP contribution in [-0.4, -0.2) is 0 Å². The van der Waals surface area contributed by atoms with Crippen molar-refractivity contribution in [2.75, 3.05) is 0 Å². The number of thiophene rings is 2. The quantitative estimate of drug-likeness (QED) is 0.564. The third-order valence-electron chi connectivity index (χ3n) is 1.59. The molecule has 0 fully saturated rings. The summed E-state index contributed by atoms with van der Waals surface area (Å²) in [6.45, 7) is 4.34. The summed E-state index contributed by atoms with van der Waals surface area (Å²) in [5.41, 5.74) is 1.42. The average molecular weight is 168 g/mol. The van der Waals surface area contributed by atoms with Crippen LogP contribution in [0.25, 0.3) is 9.40 Å². The zero-order valence-electron chi connectivity index (χ0n) is 5.97. The predicted octanol–water partition coefficient (Wildman–Crippen LogP) is 3.58. The maximum atomic E-state index is 2.27. The van der Waals surface area contributed by atoms with Crippen molar-refractivity contribution >= 4 is 32.1 Å². The highest BCUT2D eigenvalue weighted by Gasteiger charge is 2.01. The van der Waals surface area contributed by atoms with Crippen LogP contribution in [0.5, 0.6) is 0 Å². The molecule has 0 N–H and O–H groups in total. The predicted molar refractivity (Wildman–Crippen MR) is 49.2 cm³/mol. The van der Waals surface area contributed by atoms with Crippen molar-refractivity contribution in [3.63, 3.8) is 0 Å². The first-order valence-electron chi connectivity index (χ1n) is 3.21. The zero-order valence-corrected chi connectivity index (χ0v) is 7.60. The molecule has 0 aliphatic heterocycles. The van der Waals surface area contributed by atoms with E-state index < -0.39 is 0 Å². The van der Waals surface area contributed by atoms with Gasteiger partial charge >= 0.3 is 0 Å². The molecule has 0 spiro atoms. The van der Waals surface area contributed by atoms with Crippen LogP contribution in [0.1, 0.15) is 10.4 Å². The van der Waals surface area contributed by atoms with Gasteiger partial charge in [-0.1, -0.05) is 0 Å². The van der Waals surface area contributed by atoms with Crippen LogP contribution in [0.4, 0.5) is 0 Å². The molecule has 2 aromatic heterocycles. The maximum Gasteiger partial charge on any atom is 0.0870 e. The first kappa shape index (κ1) is 6.38. The van der Waals surface area contributed by atoms with Crippen LogP contribution in [-0.2, 0) is 0 Å². The van der Waals surface area contributed by atoms with E-state index >= 15 is 0 Å². The van der Waals surface area contributed by atoms with Crippen LogP contribution in [0.3, 0.4) is 0 Å². The maximum absolute atomic E-state index is 2.27. The summed E-state index contributed by atoms with van der Waals surface area (Å²) in [7, 11) is 0. The number of hydrogen-bond donors (Lipinski definition) is 0. The number of hydrogen-bond acceptors (Lipinski definition) is 2. The average Bonchev–Trinajstić information content (AvgIpc) is 2.35. The third-order valence-corrected chi connectivity index (χ3v) is 3.88. The molecule has 0 saturated carbocycles. The Hall–Kier alpha value is -0.340. The Morgan fingerprint density at radius 1 is 1.30 bits per heavy atom. The van der Waals surface area contributed by atoms with Crippen LogP contribution >= 0.6 is 22.7 Å². The minimum Gasteiger partial charge on any atom is -0.133 e. The molecule has 0 amide bonds. The molecule has 0 aliphatic rings. The largest absolute Gasteiger partial charge is 0.133 e. The Morgan fingerprint density at radius 3 is 2.80 bits per heavy atom. The second kappa shape index (κ2) is 2.07. The van der Waals surface area contributed by atoms with Crippen LogP contribution in [0, 0.1) is 13.8 Å². The van der Waals surface area contributed by atoms with Gasteiger partial charge in [0.2, 0.25) is 0 Å². The van der Waals surface area contributed by atoms with Crippen molar-refractivity contribution in [2.24, 2.45) is 0 Å². The molecule has 0 saturated heterocycles. The molecule has 0 radical (unpaired) electrons. The number of aryl methyl sites for hydroxylation is 2. The van der Waals surface area contributed by atoms with Crippen molar-refractivity contribution < 1.29 is 0 Å². The summed E-state index contributed by atoms with van der Waals surface area (Å²) in [6, 6.07) is 2.27. The smallest absolute Gasteiger partial charge is 0.0870 e. The molecule has 0 aromatic carbocycles. The second-order valence-electron chi connectivity index (χ2n) is 2.48. The van der Waals surface area contributed by atoms with E-state index in [-0.39, 0.29) is 0 Å². The van der Waals surface area contributed by atoms with Gasteiger partial charge in [0.1, 0.15) is 0 Å². The van der Waals surface area contributed by atoms with Crippen molar-refractivity contribution in [2.45, 2.75) is 13.8 Å². The summed E-state index contributed by atoms with van der Waals surface area (Å²) < 4.78 is 1.47. The standard InChI is InChI=1S/C8H8S2/c1-5-4-9-8-7(5)3-6(2)10-8/h3-4H,1-2H3. The molecular weight excluding hydrogens is 160 g/mol. The lowest BCUT2D eigenvalue weighted by Crippen LogP contribution is -1.58. The molecule has 52 valence electrons. The minimum absolute atomic E-state index is 1.42. The topological polar surface area (TPSA) is 0 Å². The van der Waals surface area contributed by atoms with Gasteiger partial charge in [-0.15, -0.1) is 22.7 Å². The van der Waals surface area contributed by atoms with Gasteiger partial charge in [-0.3, -0.25) is 0 Å². The molecule has 2 aromatic rings. The van der Waals surface area contributed by atoms with Crippen molar-refractivity contribution in [1.82, 2.24) is 0 Å². The normalized spacial score (nSPS) is 11.0. The molecule has 10 heavy (non-hydrogen) atoms. The molecule has 2 rings (SSSR count). The lowest BCUT2D eigenvalue weighted by Gasteiger charge is -1.77. The Morgan fingerprint density at radius 2 is 2.10 bits per heavy atom. The molecule has 2 heterocycles. The van der Waals surface area contributed by atoms with Crippen molar-refractivity contribution in [1.29, 1.82) is 0 Å². The van der Waals surface area contributed by atoms with Crippen molar-refractivity contribution in [3.8, 4) is 0 Å². The van der Waals surface area contributed by atoms with Gasteiger partial charge in [0, 0.05) is 10.3 Å². The molecular formula is C8H8S2. The fourth-order valence-corrected chi connectivity index (χ4v) is 3.35. The zero-order chi connectivity index (χ0) is 7.14. The minimum atomic E-state index is 1.42. The first-order valence-corrected chi connectivity index (χ1v) is 4.91. The summed E-state index contributed by atoms with van der Waals surface area (Å²) in [5, 5.41) is 3.67. The fraction of sp³-hybridized carbons (Fsp3) is 0.250. The summed E-state index contributed by atoms with van der Waals surface area (Å²) in [6.07, 6.45) is 0. The van der Waals surface area contributed by atoms with E-state index in [9.17, 15) is 0 Å². The van der Waals surface area contributed by atoms with E-state index in [1.54, 1.807) is 0 Å². The van der Waals surface area contributed by atoms with Gasteiger partial charge < -0.3 is 0 Å². The Bertz CT molecular complexity index is 354. The highest BCUT2D eigenvalue weighted by atomic mass is 32.2. The Kier molecular flexibility index (Phi) is 1.32. The second-order valence-corrected chi connectivity index (χ2v) is 4.87. The van der Waals surface area contributed by atoms with Gasteiger partial charge in [-0.2, -0.15) is 0 Å². The van der Waals surface area contributed by atoms with Gasteiger partial charge in [-0.25, -0.2) is 0 Å². The van der Waals surface area contributed by atoms with E-state index in [0.29, 0.717) is 0 Å². The lowest BCUT2D eigenvalue weighted by atomic mass is 10.3. The number of fused-ring (bicyclic) bond motifs is 1. The molecule has 2 heteroatoms. The van der Waals surface area contributed by atoms with Crippen molar-refractivity contribution in [3.05, 3.63) is 21.9 Å². The SMILES string of the molecule is Cc1cc2c(C)csc2s1. The van der Waals surface area contributed by atoms with E-state index in [1.165, 1.54) is 19.8 Å². The van der Waals surface area contributed by atoms with Crippen LogP contribution in [0.2, 0.25) is 0 Å². The van der Waals surface area contributed by atoms with Crippen LogP contribution < -0.4 is 0 Å². The van der Waals surface area contributed by atoms with Gasteiger partial charge in [0.15, 0.2) is 0 Å². The van der Waals surface area contributed by atoms with E-state index in [1.807, 2.05) is 22.7 Å². The van der Waals surface area contributed by atoms with Gasteiger partial charge in [-0.05, 0) is 30.9 Å². The monoisotopic (exact) mass is 168 g/mol. The lowest BCUT2D eigenvalue weighted by molar-refractivity contribution is 1.59. The van der Waals surface area contributed by atoms with E-state index in [4.69, 9.17) is 0 Å². The highest BCUT2D eigenvalue weighted by Crippen LogP contribution is 2.32. The summed E-state index contributed by atoms with van der Waals surface area (Å²) in [4.78, 5) is 1.42. The first-order chi connectivity index (χ1) is 4.77. The molecule has 0 unspecified atom stereocenters. The molecule has 0 bridgehead atoms. The molecule has 0 atom stereocenters. The third kappa shape index (κ3) is 0.796. The van der Waals surface area contributed by atoms with Gasteiger partial charge in [0.05, 0.1) is 4.01 Å². The highest BCUT2D eigenvalue weighted by molar-refractivity contribution is 7.37. The fourth-order valence-electron chi connectivity index (χ4n) is 1.06. The summed E-state index contributed by atoms with van der Waals surface area (Å²) in [5.74, 6) is 0. The number of rotatable bonds is 0. The Labute approximate surface area is 68.1 Å². The van der Waals surface area contributed by atoms with Crippen LogP contribution in [0.15, 0.2) is 11.4 Å². The summed E-state index contributed by atoms with van der Waals surface area (Å²) >= 11 is 3.74. The van der Waals surface area contributed by atoms with E-state index in [2.05, 4.69) is 25.3 Å². The molecule has 0 nitrogen and oxygen atoms in total. The van der Waals surface area contributed by atoms with Gasteiger partial charge in [0.25, 0.3) is 0 Å². The Balaban J connectivity index is 2.90. The molecule has 0 aliphatic carbocycles.